The lowest BCUT2D eigenvalue weighted by molar-refractivity contribution is -0.137. The summed E-state index contributed by atoms with van der Waals surface area (Å²) in [7, 11) is 0. The Hall–Kier alpha value is -1.58. The van der Waals surface area contributed by atoms with Crippen molar-refractivity contribution in [2.75, 3.05) is 0 Å². The molecule has 1 atom stereocenters. The van der Waals surface area contributed by atoms with E-state index in [1.165, 1.54) is 0 Å². The van der Waals surface area contributed by atoms with Crippen molar-refractivity contribution in [3.8, 4) is 0 Å². The number of imidazole rings is 1. The van der Waals surface area contributed by atoms with Gasteiger partial charge >= 0.3 is 5.97 Å². The highest BCUT2D eigenvalue weighted by Gasteiger charge is 2.14. The van der Waals surface area contributed by atoms with Crippen LogP contribution in [0.1, 0.15) is 32.0 Å². The first-order valence-electron chi connectivity index (χ1n) is 4.45. The predicted molar refractivity (Wildman–Crippen MR) is 53.0 cm³/mol. The Morgan fingerprint density at radius 3 is 2.86 bits per heavy atom. The standard InChI is InChI=1S/C10H14N2O2/c1-7(2)5-8(6-9(13)14)10-11-3-4-12-10/h3-5,8H,6H2,1-2H3,(H,11,12)(H,13,14). The fourth-order valence-corrected chi connectivity index (χ4v) is 1.31. The van der Waals surface area contributed by atoms with E-state index in [2.05, 4.69) is 9.97 Å². The number of carboxylic acids is 1. The second-order valence-electron chi connectivity index (χ2n) is 3.42. The van der Waals surface area contributed by atoms with Crippen molar-refractivity contribution in [2.45, 2.75) is 26.2 Å². The van der Waals surface area contributed by atoms with Gasteiger partial charge in [-0.3, -0.25) is 4.79 Å². The zero-order chi connectivity index (χ0) is 10.6. The third-order valence-corrected chi connectivity index (χ3v) is 1.80. The van der Waals surface area contributed by atoms with Crippen molar-refractivity contribution in [1.29, 1.82) is 0 Å². The second-order valence-corrected chi connectivity index (χ2v) is 3.42. The second kappa shape index (κ2) is 4.60. The van der Waals surface area contributed by atoms with Gasteiger partial charge in [0.1, 0.15) is 5.82 Å². The number of carboxylic acid groups (broad SMARTS) is 1. The lowest BCUT2D eigenvalue weighted by Crippen LogP contribution is -2.06. The van der Waals surface area contributed by atoms with Crippen LogP contribution in [-0.4, -0.2) is 21.0 Å². The minimum absolute atomic E-state index is 0.0681. The SMILES string of the molecule is CC(C)=CC(CC(=O)O)c1ncc[nH]1. The van der Waals surface area contributed by atoms with Gasteiger partial charge in [-0.1, -0.05) is 11.6 Å². The number of H-pyrrole nitrogens is 1. The average molecular weight is 194 g/mol. The Kier molecular flexibility index (Phi) is 3.45. The summed E-state index contributed by atoms with van der Waals surface area (Å²) < 4.78 is 0. The van der Waals surface area contributed by atoms with Gasteiger partial charge in [-0.2, -0.15) is 0 Å². The van der Waals surface area contributed by atoms with Crippen molar-refractivity contribution in [2.24, 2.45) is 0 Å². The van der Waals surface area contributed by atoms with Gasteiger partial charge in [-0.15, -0.1) is 0 Å². The topological polar surface area (TPSA) is 66.0 Å². The molecule has 1 aromatic rings. The molecule has 0 spiro atoms. The molecule has 0 aliphatic carbocycles. The first-order valence-corrected chi connectivity index (χ1v) is 4.45. The summed E-state index contributed by atoms with van der Waals surface area (Å²) in [5.41, 5.74) is 1.09. The maximum Gasteiger partial charge on any atom is 0.304 e. The Morgan fingerprint density at radius 2 is 2.43 bits per heavy atom. The van der Waals surface area contributed by atoms with E-state index in [1.807, 2.05) is 19.9 Å². The number of aromatic nitrogens is 2. The van der Waals surface area contributed by atoms with Gasteiger partial charge in [-0.05, 0) is 13.8 Å². The number of allylic oxidation sites excluding steroid dienone is 2. The van der Waals surface area contributed by atoms with Gasteiger partial charge in [0.15, 0.2) is 0 Å². The van der Waals surface area contributed by atoms with Crippen LogP contribution in [-0.2, 0) is 4.79 Å². The fraction of sp³-hybridized carbons (Fsp3) is 0.400. The number of aliphatic carboxylic acids is 1. The van der Waals surface area contributed by atoms with E-state index in [-0.39, 0.29) is 12.3 Å². The molecule has 0 saturated carbocycles. The lowest BCUT2D eigenvalue weighted by Gasteiger charge is -2.07. The summed E-state index contributed by atoms with van der Waals surface area (Å²) in [4.78, 5) is 17.6. The molecular formula is C10H14N2O2. The van der Waals surface area contributed by atoms with E-state index < -0.39 is 5.97 Å². The quantitative estimate of drug-likeness (QED) is 0.720. The summed E-state index contributed by atoms with van der Waals surface area (Å²) >= 11 is 0. The Balaban J connectivity index is 2.83. The van der Waals surface area contributed by atoms with Crippen molar-refractivity contribution >= 4 is 5.97 Å². The number of hydrogen-bond acceptors (Lipinski definition) is 2. The number of carbonyl (C=O) groups is 1. The van der Waals surface area contributed by atoms with Gasteiger partial charge in [0.2, 0.25) is 0 Å². The molecule has 0 fully saturated rings. The van der Waals surface area contributed by atoms with Gasteiger partial charge < -0.3 is 10.1 Å². The maximum atomic E-state index is 10.6. The molecule has 0 aliphatic rings. The number of nitrogens with zero attached hydrogens (tertiary/aromatic N) is 1. The zero-order valence-electron chi connectivity index (χ0n) is 8.32. The van der Waals surface area contributed by atoms with Crippen LogP contribution < -0.4 is 0 Å². The molecule has 76 valence electrons. The van der Waals surface area contributed by atoms with Crippen LogP contribution in [0, 0.1) is 0 Å². The van der Waals surface area contributed by atoms with E-state index in [9.17, 15) is 4.79 Å². The molecule has 0 aliphatic heterocycles. The summed E-state index contributed by atoms with van der Waals surface area (Å²) in [5, 5.41) is 8.72. The highest BCUT2D eigenvalue weighted by molar-refractivity contribution is 5.68. The summed E-state index contributed by atoms with van der Waals surface area (Å²) in [6.45, 7) is 3.88. The molecule has 0 bridgehead atoms. The molecule has 1 rings (SSSR count). The molecule has 4 heteroatoms. The maximum absolute atomic E-state index is 10.6. The molecule has 14 heavy (non-hydrogen) atoms. The van der Waals surface area contributed by atoms with Crippen LogP contribution in [0.4, 0.5) is 0 Å². The third-order valence-electron chi connectivity index (χ3n) is 1.80. The number of hydrogen-bond donors (Lipinski definition) is 2. The molecule has 0 amide bonds. The first-order chi connectivity index (χ1) is 6.59. The van der Waals surface area contributed by atoms with E-state index in [0.29, 0.717) is 5.82 Å². The van der Waals surface area contributed by atoms with E-state index in [0.717, 1.165) is 5.57 Å². The molecule has 0 aromatic carbocycles. The van der Waals surface area contributed by atoms with E-state index in [1.54, 1.807) is 12.4 Å². The summed E-state index contributed by atoms with van der Waals surface area (Å²) in [6, 6.07) is 0. The average Bonchev–Trinajstić information content (AvgIpc) is 2.52. The molecule has 4 nitrogen and oxygen atoms in total. The Morgan fingerprint density at radius 1 is 1.71 bits per heavy atom. The highest BCUT2D eigenvalue weighted by atomic mass is 16.4. The van der Waals surface area contributed by atoms with Crippen molar-refractivity contribution in [3.05, 3.63) is 29.9 Å². The highest BCUT2D eigenvalue weighted by Crippen LogP contribution is 2.18. The zero-order valence-corrected chi connectivity index (χ0v) is 8.32. The molecular weight excluding hydrogens is 180 g/mol. The van der Waals surface area contributed by atoms with Crippen LogP contribution in [0.2, 0.25) is 0 Å². The van der Waals surface area contributed by atoms with Crippen LogP contribution in [0.5, 0.6) is 0 Å². The van der Waals surface area contributed by atoms with Crippen LogP contribution in [0.15, 0.2) is 24.0 Å². The van der Waals surface area contributed by atoms with E-state index >= 15 is 0 Å². The molecule has 2 N–H and O–H groups in total. The molecule has 0 saturated heterocycles. The lowest BCUT2D eigenvalue weighted by atomic mass is 10.0. The van der Waals surface area contributed by atoms with Gasteiger partial charge in [-0.25, -0.2) is 4.98 Å². The molecule has 1 aromatic heterocycles. The smallest absolute Gasteiger partial charge is 0.304 e. The third kappa shape index (κ3) is 3.05. The summed E-state index contributed by atoms with van der Waals surface area (Å²) in [5.74, 6) is -0.273. The number of aromatic amines is 1. The molecule has 0 radical (unpaired) electrons. The molecule has 1 unspecified atom stereocenters. The van der Waals surface area contributed by atoms with Crippen molar-refractivity contribution in [3.63, 3.8) is 0 Å². The summed E-state index contributed by atoms with van der Waals surface area (Å²) in [6.07, 6.45) is 5.30. The fourth-order valence-electron chi connectivity index (χ4n) is 1.31. The van der Waals surface area contributed by atoms with Crippen LogP contribution in [0.25, 0.3) is 0 Å². The van der Waals surface area contributed by atoms with Gasteiger partial charge in [0, 0.05) is 18.3 Å². The normalized spacial score (nSPS) is 12.1. The van der Waals surface area contributed by atoms with Crippen LogP contribution >= 0.6 is 0 Å². The monoisotopic (exact) mass is 194 g/mol. The minimum atomic E-state index is -0.816. The van der Waals surface area contributed by atoms with Crippen molar-refractivity contribution < 1.29 is 9.90 Å². The number of rotatable bonds is 4. The predicted octanol–water partition coefficient (Wildman–Crippen LogP) is 1.93. The Labute approximate surface area is 82.7 Å². The number of nitrogens with one attached hydrogen (secondary N) is 1. The van der Waals surface area contributed by atoms with Crippen LogP contribution in [0.3, 0.4) is 0 Å². The van der Waals surface area contributed by atoms with Crippen molar-refractivity contribution in [1.82, 2.24) is 9.97 Å². The molecule has 1 heterocycles. The first kappa shape index (κ1) is 10.5. The Bertz CT molecular complexity index is 324. The van der Waals surface area contributed by atoms with Gasteiger partial charge in [0.05, 0.1) is 6.42 Å². The largest absolute Gasteiger partial charge is 0.481 e. The minimum Gasteiger partial charge on any atom is -0.481 e. The van der Waals surface area contributed by atoms with E-state index in [4.69, 9.17) is 5.11 Å². The van der Waals surface area contributed by atoms with Gasteiger partial charge in [0.25, 0.3) is 0 Å².